The molecule has 0 radical (unpaired) electrons. The highest BCUT2D eigenvalue weighted by molar-refractivity contribution is 7.90. The molecule has 1 aromatic rings. The zero-order chi connectivity index (χ0) is 16.0. The molecule has 0 aliphatic carbocycles. The van der Waals surface area contributed by atoms with Crippen LogP contribution in [0.3, 0.4) is 0 Å². The SMILES string of the molecule is CCCCN(CCO)c1ccc(S(C)(=O)=O)cc1[N+](=O)[O-]. The number of hydrogen-bond acceptors (Lipinski definition) is 6. The third-order valence-corrected chi connectivity index (χ3v) is 4.17. The summed E-state index contributed by atoms with van der Waals surface area (Å²) in [7, 11) is -3.50. The molecule has 7 nitrogen and oxygen atoms in total. The summed E-state index contributed by atoms with van der Waals surface area (Å²) in [5.74, 6) is 0. The van der Waals surface area contributed by atoms with Crippen LogP contribution in [-0.2, 0) is 9.84 Å². The fourth-order valence-electron chi connectivity index (χ4n) is 1.97. The Morgan fingerprint density at radius 2 is 2.00 bits per heavy atom. The highest BCUT2D eigenvalue weighted by Crippen LogP contribution is 2.31. The monoisotopic (exact) mass is 316 g/mol. The minimum atomic E-state index is -3.50. The van der Waals surface area contributed by atoms with Gasteiger partial charge < -0.3 is 10.0 Å². The maximum atomic E-state index is 11.5. The Morgan fingerprint density at radius 1 is 1.33 bits per heavy atom. The first-order valence-corrected chi connectivity index (χ1v) is 8.54. The predicted octanol–water partition coefficient (Wildman–Crippen LogP) is 1.60. The van der Waals surface area contributed by atoms with E-state index in [2.05, 4.69) is 0 Å². The third kappa shape index (κ3) is 4.68. The molecule has 118 valence electrons. The summed E-state index contributed by atoms with van der Waals surface area (Å²) in [6.07, 6.45) is 2.75. The molecule has 0 aromatic heterocycles. The Bertz CT molecular complexity index is 601. The van der Waals surface area contributed by atoms with E-state index in [0.717, 1.165) is 25.2 Å². The second kappa shape index (κ2) is 7.37. The van der Waals surface area contributed by atoms with Crippen molar-refractivity contribution in [3.63, 3.8) is 0 Å². The highest BCUT2D eigenvalue weighted by Gasteiger charge is 2.22. The molecule has 21 heavy (non-hydrogen) atoms. The van der Waals surface area contributed by atoms with Gasteiger partial charge in [0.15, 0.2) is 9.84 Å². The highest BCUT2D eigenvalue weighted by atomic mass is 32.2. The van der Waals surface area contributed by atoms with Crippen LogP contribution in [0.25, 0.3) is 0 Å². The number of rotatable bonds is 8. The summed E-state index contributed by atoms with van der Waals surface area (Å²) in [4.78, 5) is 12.2. The van der Waals surface area contributed by atoms with Crippen molar-refractivity contribution in [3.05, 3.63) is 28.3 Å². The van der Waals surface area contributed by atoms with Crippen LogP contribution in [0.2, 0.25) is 0 Å². The van der Waals surface area contributed by atoms with Crippen LogP contribution in [0.1, 0.15) is 19.8 Å². The molecule has 1 aromatic carbocycles. The average Bonchev–Trinajstić information content (AvgIpc) is 2.41. The Balaban J connectivity index is 3.29. The van der Waals surface area contributed by atoms with E-state index in [-0.39, 0.29) is 23.7 Å². The van der Waals surface area contributed by atoms with Crippen molar-refractivity contribution in [2.45, 2.75) is 24.7 Å². The lowest BCUT2D eigenvalue weighted by Crippen LogP contribution is -2.28. The molecular formula is C13H20N2O5S. The summed E-state index contributed by atoms with van der Waals surface area (Å²) in [6, 6.07) is 3.86. The van der Waals surface area contributed by atoms with Crippen LogP contribution in [0.5, 0.6) is 0 Å². The van der Waals surface area contributed by atoms with Crippen LogP contribution >= 0.6 is 0 Å². The van der Waals surface area contributed by atoms with Gasteiger partial charge in [-0.3, -0.25) is 10.1 Å². The first kappa shape index (κ1) is 17.4. The summed E-state index contributed by atoms with van der Waals surface area (Å²) >= 11 is 0. The summed E-state index contributed by atoms with van der Waals surface area (Å²) < 4.78 is 23.0. The van der Waals surface area contributed by atoms with Crippen molar-refractivity contribution in [1.29, 1.82) is 0 Å². The van der Waals surface area contributed by atoms with Crippen molar-refractivity contribution in [2.24, 2.45) is 0 Å². The van der Waals surface area contributed by atoms with E-state index in [9.17, 15) is 18.5 Å². The molecule has 0 fully saturated rings. The number of hydrogen-bond donors (Lipinski definition) is 1. The molecule has 0 heterocycles. The van der Waals surface area contributed by atoms with Gasteiger partial charge in [-0.05, 0) is 18.6 Å². The topological polar surface area (TPSA) is 101 Å². The zero-order valence-corrected chi connectivity index (χ0v) is 13.0. The largest absolute Gasteiger partial charge is 0.395 e. The van der Waals surface area contributed by atoms with Gasteiger partial charge in [-0.25, -0.2) is 8.42 Å². The molecule has 0 aliphatic heterocycles. The van der Waals surface area contributed by atoms with Gasteiger partial charge in [-0.15, -0.1) is 0 Å². The molecule has 0 bridgehead atoms. The second-order valence-electron chi connectivity index (χ2n) is 4.74. The van der Waals surface area contributed by atoms with Gasteiger partial charge in [-0.2, -0.15) is 0 Å². The van der Waals surface area contributed by atoms with E-state index >= 15 is 0 Å². The van der Waals surface area contributed by atoms with E-state index in [1.54, 1.807) is 4.90 Å². The molecule has 0 spiro atoms. The Kier molecular flexibility index (Phi) is 6.10. The van der Waals surface area contributed by atoms with Crippen molar-refractivity contribution in [2.75, 3.05) is 30.9 Å². The molecule has 0 saturated heterocycles. The van der Waals surface area contributed by atoms with Crippen molar-refractivity contribution in [3.8, 4) is 0 Å². The fourth-order valence-corrected chi connectivity index (χ4v) is 2.61. The molecule has 1 rings (SSSR count). The van der Waals surface area contributed by atoms with Crippen LogP contribution in [-0.4, -0.2) is 44.4 Å². The van der Waals surface area contributed by atoms with Gasteiger partial charge in [0.1, 0.15) is 5.69 Å². The maximum absolute atomic E-state index is 11.5. The quantitative estimate of drug-likeness (QED) is 0.577. The Labute approximate surface area is 124 Å². The van der Waals surface area contributed by atoms with E-state index in [0.29, 0.717) is 12.2 Å². The number of sulfone groups is 1. The summed E-state index contributed by atoms with van der Waals surface area (Å²) in [6.45, 7) is 2.70. The average molecular weight is 316 g/mol. The Morgan fingerprint density at radius 3 is 2.48 bits per heavy atom. The summed E-state index contributed by atoms with van der Waals surface area (Å²) in [5.41, 5.74) is 0.0670. The number of benzene rings is 1. The molecule has 0 amide bonds. The third-order valence-electron chi connectivity index (χ3n) is 3.06. The zero-order valence-electron chi connectivity index (χ0n) is 12.2. The van der Waals surface area contributed by atoms with Gasteiger partial charge >= 0.3 is 0 Å². The van der Waals surface area contributed by atoms with Crippen LogP contribution < -0.4 is 4.90 Å². The van der Waals surface area contributed by atoms with Crippen molar-refractivity contribution >= 4 is 21.2 Å². The molecule has 8 heteroatoms. The maximum Gasteiger partial charge on any atom is 0.293 e. The van der Waals surface area contributed by atoms with Crippen molar-refractivity contribution in [1.82, 2.24) is 0 Å². The number of nitrogens with zero attached hydrogens (tertiary/aromatic N) is 2. The number of aliphatic hydroxyl groups is 1. The van der Waals surface area contributed by atoms with Crippen LogP contribution in [0.15, 0.2) is 23.1 Å². The molecular weight excluding hydrogens is 296 g/mol. The normalized spacial score (nSPS) is 11.4. The molecule has 0 saturated carbocycles. The van der Waals surface area contributed by atoms with Crippen LogP contribution in [0, 0.1) is 10.1 Å². The number of nitro groups is 1. The van der Waals surface area contributed by atoms with E-state index < -0.39 is 14.8 Å². The molecule has 0 unspecified atom stereocenters. The van der Waals surface area contributed by atoms with E-state index in [1.165, 1.54) is 12.1 Å². The van der Waals surface area contributed by atoms with Gasteiger partial charge in [0.05, 0.1) is 16.4 Å². The smallest absolute Gasteiger partial charge is 0.293 e. The number of nitro benzene ring substituents is 1. The van der Waals surface area contributed by atoms with E-state index in [1.807, 2.05) is 6.92 Å². The minimum Gasteiger partial charge on any atom is -0.395 e. The standard InChI is InChI=1S/C13H20N2O5S/c1-3-4-7-14(8-9-16)12-6-5-11(21(2,19)20)10-13(12)15(17)18/h5-6,10,16H,3-4,7-9H2,1-2H3. The Hall–Kier alpha value is -1.67. The lowest BCUT2D eigenvalue weighted by molar-refractivity contribution is -0.384. The molecule has 0 aliphatic rings. The van der Waals surface area contributed by atoms with Gasteiger partial charge in [0, 0.05) is 25.4 Å². The van der Waals surface area contributed by atoms with Gasteiger partial charge in [-0.1, -0.05) is 13.3 Å². The summed E-state index contributed by atoms with van der Waals surface area (Å²) in [5, 5.41) is 20.3. The van der Waals surface area contributed by atoms with Crippen molar-refractivity contribution < 1.29 is 18.4 Å². The van der Waals surface area contributed by atoms with Crippen LogP contribution in [0.4, 0.5) is 11.4 Å². The number of aliphatic hydroxyl groups excluding tert-OH is 1. The molecule has 0 atom stereocenters. The number of unbranched alkanes of at least 4 members (excludes halogenated alkanes) is 1. The lowest BCUT2D eigenvalue weighted by atomic mass is 10.2. The van der Waals surface area contributed by atoms with E-state index in [4.69, 9.17) is 5.11 Å². The number of anilines is 1. The predicted molar refractivity (Wildman–Crippen MR) is 80.4 cm³/mol. The minimum absolute atomic E-state index is 0.0858. The second-order valence-corrected chi connectivity index (χ2v) is 6.76. The fraction of sp³-hybridized carbons (Fsp3) is 0.538. The first-order chi connectivity index (χ1) is 9.81. The first-order valence-electron chi connectivity index (χ1n) is 6.65. The molecule has 1 N–H and O–H groups in total. The van der Waals surface area contributed by atoms with Gasteiger partial charge in [0.25, 0.3) is 5.69 Å². The lowest BCUT2D eigenvalue weighted by Gasteiger charge is -2.23. The van der Waals surface area contributed by atoms with Gasteiger partial charge in [0.2, 0.25) is 0 Å².